The second kappa shape index (κ2) is 8.51. The van der Waals surface area contributed by atoms with Gasteiger partial charge in [0.1, 0.15) is 17.3 Å². The Morgan fingerprint density at radius 3 is 2.41 bits per heavy atom. The minimum Gasteiger partial charge on any atom is -0.494 e. The molecule has 1 N–H and O–H groups in total. The minimum atomic E-state index is -0.489. The largest absolute Gasteiger partial charge is 0.494 e. The molecule has 0 fully saturated rings. The Morgan fingerprint density at radius 1 is 1.14 bits per heavy atom. The summed E-state index contributed by atoms with van der Waals surface area (Å²) in [6.45, 7) is 9.32. The van der Waals surface area contributed by atoms with Gasteiger partial charge in [0.15, 0.2) is 6.61 Å². The second-order valence-electron chi connectivity index (χ2n) is 6.22. The van der Waals surface area contributed by atoms with E-state index in [0.717, 1.165) is 5.75 Å². The van der Waals surface area contributed by atoms with Gasteiger partial charge in [-0.05, 0) is 45.0 Å². The fourth-order valence-electron chi connectivity index (χ4n) is 2.52. The summed E-state index contributed by atoms with van der Waals surface area (Å²) >= 11 is 0. The van der Waals surface area contributed by atoms with E-state index in [-0.39, 0.29) is 18.1 Å². The van der Waals surface area contributed by atoms with Crippen LogP contribution in [0.2, 0.25) is 0 Å². The maximum Gasteiger partial charge on any atom is 0.281 e. The van der Waals surface area contributed by atoms with Crippen LogP contribution in [-0.4, -0.2) is 46.5 Å². The van der Waals surface area contributed by atoms with Gasteiger partial charge in [0, 0.05) is 6.07 Å². The van der Waals surface area contributed by atoms with E-state index in [0.29, 0.717) is 29.6 Å². The highest BCUT2D eigenvalue weighted by atomic mass is 16.5. The first-order valence-corrected chi connectivity index (χ1v) is 8.97. The number of carbonyl (C=O) groups is 2. The molecule has 3 rings (SSSR count). The first-order chi connectivity index (χ1) is 13.9. The summed E-state index contributed by atoms with van der Waals surface area (Å²) in [5, 5.41) is 6.95. The Hall–Kier alpha value is -3.75. The SMILES string of the molecule is C=C1C(=O)N=C(n2nc(C)cc2NC(=O)COc2ccc(OCC)cc2)N=C1C. The average molecular weight is 395 g/mol. The summed E-state index contributed by atoms with van der Waals surface area (Å²) < 4.78 is 12.2. The van der Waals surface area contributed by atoms with E-state index in [9.17, 15) is 9.59 Å². The highest BCUT2D eigenvalue weighted by molar-refractivity contribution is 6.27. The van der Waals surface area contributed by atoms with Crippen molar-refractivity contribution >= 4 is 29.3 Å². The molecule has 2 amide bonds. The van der Waals surface area contributed by atoms with Crippen molar-refractivity contribution in [3.63, 3.8) is 0 Å². The molecule has 0 aliphatic carbocycles. The van der Waals surface area contributed by atoms with Crippen molar-refractivity contribution < 1.29 is 19.1 Å². The lowest BCUT2D eigenvalue weighted by molar-refractivity contribution is -0.118. The Morgan fingerprint density at radius 2 is 1.79 bits per heavy atom. The molecular formula is C20H21N5O4. The van der Waals surface area contributed by atoms with Crippen LogP contribution in [0.25, 0.3) is 0 Å². The maximum atomic E-state index is 12.3. The van der Waals surface area contributed by atoms with Crippen LogP contribution in [0.5, 0.6) is 11.5 Å². The zero-order valence-electron chi connectivity index (χ0n) is 16.4. The number of aromatic nitrogens is 2. The lowest BCUT2D eigenvalue weighted by atomic mass is 10.2. The first kappa shape index (κ1) is 20.0. The third-order valence-electron chi connectivity index (χ3n) is 3.96. The molecule has 0 radical (unpaired) electrons. The predicted molar refractivity (Wildman–Crippen MR) is 109 cm³/mol. The van der Waals surface area contributed by atoms with Crippen molar-refractivity contribution in [3.05, 3.63) is 48.2 Å². The van der Waals surface area contributed by atoms with Crippen molar-refractivity contribution in [1.29, 1.82) is 0 Å². The number of ether oxygens (including phenoxy) is 2. The summed E-state index contributed by atoms with van der Waals surface area (Å²) in [7, 11) is 0. The van der Waals surface area contributed by atoms with Gasteiger partial charge in [-0.25, -0.2) is 4.99 Å². The quantitative estimate of drug-likeness (QED) is 0.756. The minimum absolute atomic E-state index is 0.0655. The van der Waals surface area contributed by atoms with Gasteiger partial charge in [-0.3, -0.25) is 9.59 Å². The van der Waals surface area contributed by atoms with Crippen LogP contribution in [0.1, 0.15) is 19.5 Å². The number of hydrogen-bond donors (Lipinski definition) is 1. The Bertz CT molecular complexity index is 1020. The van der Waals surface area contributed by atoms with E-state index in [1.54, 1.807) is 44.2 Å². The summed E-state index contributed by atoms with van der Waals surface area (Å²) in [5.74, 6) is 0.776. The fraction of sp³-hybridized carbons (Fsp3) is 0.250. The van der Waals surface area contributed by atoms with E-state index in [1.165, 1.54) is 4.68 Å². The summed E-state index contributed by atoms with van der Waals surface area (Å²) in [5.41, 5.74) is 1.30. The number of carbonyl (C=O) groups excluding carboxylic acids is 2. The molecular weight excluding hydrogens is 374 g/mol. The van der Waals surface area contributed by atoms with Crippen LogP contribution in [0, 0.1) is 6.92 Å². The fourth-order valence-corrected chi connectivity index (χ4v) is 2.52. The number of anilines is 1. The number of rotatable bonds is 6. The molecule has 0 saturated heterocycles. The number of hydrogen-bond acceptors (Lipinski definition) is 6. The third-order valence-corrected chi connectivity index (χ3v) is 3.96. The standard InChI is InChI=1S/C20H21N5O4/c1-5-28-15-6-8-16(9-7-15)29-11-18(26)22-17-10-12(2)24-25(17)20-21-14(4)13(3)19(27)23-20/h6-10H,3,5,11H2,1-2,4H3,(H,22,26). The van der Waals surface area contributed by atoms with Crippen molar-refractivity contribution in [1.82, 2.24) is 9.78 Å². The molecule has 0 unspecified atom stereocenters. The first-order valence-electron chi connectivity index (χ1n) is 8.97. The Labute approximate surface area is 167 Å². The van der Waals surface area contributed by atoms with Gasteiger partial charge in [-0.1, -0.05) is 6.58 Å². The molecule has 0 spiro atoms. The van der Waals surface area contributed by atoms with E-state index < -0.39 is 11.8 Å². The normalized spacial score (nSPS) is 13.6. The molecule has 1 aromatic heterocycles. The summed E-state index contributed by atoms with van der Waals surface area (Å²) in [6, 6.07) is 8.62. The van der Waals surface area contributed by atoms with Crippen LogP contribution >= 0.6 is 0 Å². The lowest BCUT2D eigenvalue weighted by Gasteiger charge is -2.13. The Kier molecular flexibility index (Phi) is 5.87. The third kappa shape index (κ3) is 4.75. The van der Waals surface area contributed by atoms with Crippen molar-refractivity contribution in [3.8, 4) is 11.5 Å². The monoisotopic (exact) mass is 395 g/mol. The topological polar surface area (TPSA) is 107 Å². The number of benzene rings is 1. The van der Waals surface area contributed by atoms with Gasteiger partial charge < -0.3 is 14.8 Å². The van der Waals surface area contributed by atoms with Crippen molar-refractivity contribution in [2.24, 2.45) is 9.98 Å². The summed E-state index contributed by atoms with van der Waals surface area (Å²) in [4.78, 5) is 32.4. The zero-order chi connectivity index (χ0) is 21.0. The van der Waals surface area contributed by atoms with E-state index >= 15 is 0 Å². The van der Waals surface area contributed by atoms with Gasteiger partial charge in [-0.2, -0.15) is 14.8 Å². The van der Waals surface area contributed by atoms with E-state index in [4.69, 9.17) is 9.47 Å². The molecule has 1 aromatic carbocycles. The molecule has 9 nitrogen and oxygen atoms in total. The lowest BCUT2D eigenvalue weighted by Crippen LogP contribution is -2.27. The van der Waals surface area contributed by atoms with Crippen molar-refractivity contribution in [2.45, 2.75) is 20.8 Å². The second-order valence-corrected chi connectivity index (χ2v) is 6.22. The van der Waals surface area contributed by atoms with E-state index in [2.05, 4.69) is 27.0 Å². The number of aliphatic imine (C=N–C) groups is 2. The molecule has 1 aliphatic rings. The molecule has 0 atom stereocenters. The van der Waals surface area contributed by atoms with Gasteiger partial charge in [0.2, 0.25) is 0 Å². The van der Waals surface area contributed by atoms with Crippen LogP contribution in [0.4, 0.5) is 5.82 Å². The van der Waals surface area contributed by atoms with Gasteiger partial charge in [0.25, 0.3) is 17.8 Å². The smallest absolute Gasteiger partial charge is 0.281 e. The van der Waals surface area contributed by atoms with Gasteiger partial charge in [0.05, 0.1) is 23.6 Å². The van der Waals surface area contributed by atoms with Gasteiger partial charge >= 0.3 is 0 Å². The van der Waals surface area contributed by atoms with Crippen molar-refractivity contribution in [2.75, 3.05) is 18.5 Å². The number of amides is 2. The zero-order valence-corrected chi connectivity index (χ0v) is 16.4. The molecule has 29 heavy (non-hydrogen) atoms. The molecule has 1 aliphatic heterocycles. The molecule has 0 bridgehead atoms. The maximum absolute atomic E-state index is 12.3. The molecule has 9 heteroatoms. The molecule has 150 valence electrons. The average Bonchev–Trinajstić information content (AvgIpc) is 3.05. The van der Waals surface area contributed by atoms with Crippen LogP contribution < -0.4 is 14.8 Å². The number of nitrogens with zero attached hydrogens (tertiary/aromatic N) is 4. The van der Waals surface area contributed by atoms with Crippen LogP contribution in [0.15, 0.2) is 52.5 Å². The highest BCUT2D eigenvalue weighted by Gasteiger charge is 2.21. The van der Waals surface area contributed by atoms with Crippen LogP contribution in [-0.2, 0) is 9.59 Å². The number of nitrogens with one attached hydrogen (secondary N) is 1. The van der Waals surface area contributed by atoms with Gasteiger partial charge in [-0.15, -0.1) is 0 Å². The van der Waals surface area contributed by atoms with E-state index in [1.807, 2.05) is 6.92 Å². The number of aryl methyl sites for hydroxylation is 1. The highest BCUT2D eigenvalue weighted by Crippen LogP contribution is 2.18. The molecule has 2 aromatic rings. The molecule has 0 saturated carbocycles. The summed E-state index contributed by atoms with van der Waals surface area (Å²) in [6.07, 6.45) is 0. The molecule has 2 heterocycles. The Balaban J connectivity index is 1.68. The van der Waals surface area contributed by atoms with Crippen LogP contribution in [0.3, 0.4) is 0 Å². The predicted octanol–water partition coefficient (Wildman–Crippen LogP) is 2.37.